The molecule has 0 bridgehead atoms. The molecule has 0 aromatic carbocycles. The number of carbonyl (C=O) groups is 2. The van der Waals surface area contributed by atoms with Crippen molar-refractivity contribution in [2.24, 2.45) is 5.92 Å². The summed E-state index contributed by atoms with van der Waals surface area (Å²) in [5.41, 5.74) is 0.348. The zero-order valence-electron chi connectivity index (χ0n) is 13.4. The van der Waals surface area contributed by atoms with Gasteiger partial charge in [-0.1, -0.05) is 19.3 Å². The second kappa shape index (κ2) is 7.53. The van der Waals surface area contributed by atoms with Gasteiger partial charge in [0.25, 0.3) is 5.91 Å². The first-order valence-corrected chi connectivity index (χ1v) is 8.59. The molecule has 2 amide bonds. The highest BCUT2D eigenvalue weighted by Gasteiger charge is 2.30. The summed E-state index contributed by atoms with van der Waals surface area (Å²) in [6.45, 7) is 1.16. The Hall–Kier alpha value is -1.98. The molecular formula is C17H24N4O2. The lowest BCUT2D eigenvalue weighted by Gasteiger charge is -2.33. The SMILES string of the molecule is O=C(NC1CCCCC1)C1CCCN(C(=O)c2cnccn2)C1. The van der Waals surface area contributed by atoms with E-state index in [4.69, 9.17) is 0 Å². The number of amides is 2. The highest BCUT2D eigenvalue weighted by molar-refractivity contribution is 5.92. The summed E-state index contributed by atoms with van der Waals surface area (Å²) in [5.74, 6) is -0.131. The summed E-state index contributed by atoms with van der Waals surface area (Å²) < 4.78 is 0. The van der Waals surface area contributed by atoms with Gasteiger partial charge in [-0.25, -0.2) is 4.98 Å². The molecule has 0 radical (unpaired) electrons. The number of nitrogens with one attached hydrogen (secondary N) is 1. The maximum Gasteiger partial charge on any atom is 0.274 e. The van der Waals surface area contributed by atoms with Crippen molar-refractivity contribution in [3.05, 3.63) is 24.3 Å². The third-order valence-corrected chi connectivity index (χ3v) is 4.81. The minimum Gasteiger partial charge on any atom is -0.353 e. The van der Waals surface area contributed by atoms with E-state index in [1.54, 1.807) is 11.1 Å². The van der Waals surface area contributed by atoms with Crippen LogP contribution in [0.1, 0.15) is 55.4 Å². The van der Waals surface area contributed by atoms with Crippen molar-refractivity contribution in [3.63, 3.8) is 0 Å². The smallest absolute Gasteiger partial charge is 0.274 e. The number of carbonyl (C=O) groups excluding carboxylic acids is 2. The van der Waals surface area contributed by atoms with Crippen molar-refractivity contribution in [2.45, 2.75) is 51.0 Å². The molecule has 1 saturated heterocycles. The first-order valence-electron chi connectivity index (χ1n) is 8.59. The van der Waals surface area contributed by atoms with Crippen LogP contribution < -0.4 is 5.32 Å². The van der Waals surface area contributed by atoms with Crippen molar-refractivity contribution in [2.75, 3.05) is 13.1 Å². The monoisotopic (exact) mass is 316 g/mol. The Kier molecular flexibility index (Phi) is 5.20. The van der Waals surface area contributed by atoms with E-state index in [2.05, 4.69) is 15.3 Å². The van der Waals surface area contributed by atoms with E-state index < -0.39 is 0 Å². The molecule has 1 saturated carbocycles. The molecule has 6 heteroatoms. The van der Waals surface area contributed by atoms with Gasteiger partial charge in [-0.2, -0.15) is 0 Å². The average molecular weight is 316 g/mol. The van der Waals surface area contributed by atoms with Crippen LogP contribution in [0.5, 0.6) is 0 Å². The topological polar surface area (TPSA) is 75.2 Å². The molecule has 1 atom stereocenters. The highest BCUT2D eigenvalue weighted by atomic mass is 16.2. The Bertz CT molecular complexity index is 543. The molecule has 2 heterocycles. The summed E-state index contributed by atoms with van der Waals surface area (Å²) in [6, 6.07) is 0.322. The van der Waals surface area contributed by atoms with Crippen LogP contribution in [0.2, 0.25) is 0 Å². The van der Waals surface area contributed by atoms with Crippen molar-refractivity contribution in [1.29, 1.82) is 0 Å². The molecule has 0 spiro atoms. The molecule has 1 N–H and O–H groups in total. The van der Waals surface area contributed by atoms with Crippen LogP contribution in [0.25, 0.3) is 0 Å². The Labute approximate surface area is 136 Å². The fraction of sp³-hybridized carbons (Fsp3) is 0.647. The number of rotatable bonds is 3. The van der Waals surface area contributed by atoms with Crippen LogP contribution in [-0.2, 0) is 4.79 Å². The Morgan fingerprint density at radius 2 is 1.91 bits per heavy atom. The van der Waals surface area contributed by atoms with Gasteiger partial charge in [-0.3, -0.25) is 14.6 Å². The molecule has 1 aliphatic carbocycles. The van der Waals surface area contributed by atoms with Gasteiger partial charge in [0.2, 0.25) is 5.91 Å². The first kappa shape index (κ1) is 15.9. The second-order valence-electron chi connectivity index (χ2n) is 6.52. The van der Waals surface area contributed by atoms with Crippen molar-refractivity contribution >= 4 is 11.8 Å². The molecule has 23 heavy (non-hydrogen) atoms. The van der Waals surface area contributed by atoms with Crippen LogP contribution in [-0.4, -0.2) is 45.8 Å². The third-order valence-electron chi connectivity index (χ3n) is 4.81. The molecule has 124 valence electrons. The number of hydrogen-bond acceptors (Lipinski definition) is 4. The van der Waals surface area contributed by atoms with Crippen LogP contribution in [0.15, 0.2) is 18.6 Å². The Balaban J connectivity index is 1.57. The largest absolute Gasteiger partial charge is 0.353 e. The van der Waals surface area contributed by atoms with Crippen molar-refractivity contribution in [1.82, 2.24) is 20.2 Å². The molecule has 2 aliphatic rings. The fourth-order valence-electron chi connectivity index (χ4n) is 3.51. The van der Waals surface area contributed by atoms with Gasteiger partial charge in [0.15, 0.2) is 0 Å². The second-order valence-corrected chi connectivity index (χ2v) is 6.52. The molecule has 3 rings (SSSR count). The minimum absolute atomic E-state index is 0.105. The molecule has 1 unspecified atom stereocenters. The Morgan fingerprint density at radius 1 is 1.09 bits per heavy atom. The standard InChI is InChI=1S/C17H24N4O2/c22-16(20-14-6-2-1-3-7-14)13-5-4-10-21(12-13)17(23)15-11-18-8-9-19-15/h8-9,11,13-14H,1-7,10,12H2,(H,20,22). The Morgan fingerprint density at radius 3 is 2.65 bits per heavy atom. The van der Waals surface area contributed by atoms with Gasteiger partial charge in [0.05, 0.1) is 12.1 Å². The fourth-order valence-corrected chi connectivity index (χ4v) is 3.51. The van der Waals surface area contributed by atoms with Gasteiger partial charge in [-0.05, 0) is 25.7 Å². The maximum absolute atomic E-state index is 12.5. The number of piperidine rings is 1. The number of likely N-dealkylation sites (tertiary alicyclic amines) is 1. The van der Waals surface area contributed by atoms with E-state index in [-0.39, 0.29) is 17.7 Å². The summed E-state index contributed by atoms with van der Waals surface area (Å²) >= 11 is 0. The van der Waals surface area contributed by atoms with Gasteiger partial charge >= 0.3 is 0 Å². The molecule has 1 aromatic rings. The van der Waals surface area contributed by atoms with Crippen LogP contribution in [0, 0.1) is 5.92 Å². The summed E-state index contributed by atoms with van der Waals surface area (Å²) in [6.07, 6.45) is 12.1. The van der Waals surface area contributed by atoms with E-state index in [9.17, 15) is 9.59 Å². The first-order chi connectivity index (χ1) is 11.2. The molecule has 2 fully saturated rings. The quantitative estimate of drug-likeness (QED) is 0.922. The van der Waals surface area contributed by atoms with E-state index in [0.29, 0.717) is 24.8 Å². The number of hydrogen-bond donors (Lipinski definition) is 1. The van der Waals surface area contributed by atoms with Gasteiger partial charge < -0.3 is 10.2 Å². The van der Waals surface area contributed by atoms with Crippen molar-refractivity contribution in [3.8, 4) is 0 Å². The van der Waals surface area contributed by atoms with E-state index >= 15 is 0 Å². The lowest BCUT2D eigenvalue weighted by molar-refractivity contribution is -0.127. The van der Waals surface area contributed by atoms with Gasteiger partial charge in [0, 0.05) is 31.5 Å². The van der Waals surface area contributed by atoms with E-state index in [0.717, 1.165) is 25.7 Å². The summed E-state index contributed by atoms with van der Waals surface area (Å²) in [4.78, 5) is 34.7. The van der Waals surface area contributed by atoms with E-state index in [1.807, 2.05) is 0 Å². The van der Waals surface area contributed by atoms with Crippen LogP contribution in [0.4, 0.5) is 0 Å². The third kappa shape index (κ3) is 4.06. The van der Waals surface area contributed by atoms with Gasteiger partial charge in [0.1, 0.15) is 5.69 Å². The predicted octanol–water partition coefficient (Wildman–Crippen LogP) is 1.78. The van der Waals surface area contributed by atoms with E-state index in [1.165, 1.54) is 31.7 Å². The predicted molar refractivity (Wildman–Crippen MR) is 85.7 cm³/mol. The van der Waals surface area contributed by atoms with Gasteiger partial charge in [-0.15, -0.1) is 0 Å². The zero-order chi connectivity index (χ0) is 16.1. The lowest BCUT2D eigenvalue weighted by Crippen LogP contribution is -2.48. The summed E-state index contributed by atoms with van der Waals surface area (Å²) in [7, 11) is 0. The minimum atomic E-state index is -0.131. The average Bonchev–Trinajstić information content (AvgIpc) is 2.63. The highest BCUT2D eigenvalue weighted by Crippen LogP contribution is 2.21. The molecule has 1 aromatic heterocycles. The zero-order valence-corrected chi connectivity index (χ0v) is 13.4. The molecule has 1 aliphatic heterocycles. The molecular weight excluding hydrogens is 292 g/mol. The van der Waals surface area contributed by atoms with Crippen LogP contribution >= 0.6 is 0 Å². The molecule has 6 nitrogen and oxygen atoms in total. The number of nitrogens with zero attached hydrogens (tertiary/aromatic N) is 3. The normalized spacial score (nSPS) is 22.6. The van der Waals surface area contributed by atoms with Crippen molar-refractivity contribution < 1.29 is 9.59 Å². The maximum atomic E-state index is 12.5. The lowest BCUT2D eigenvalue weighted by atomic mass is 9.93. The number of aromatic nitrogens is 2. The summed E-state index contributed by atoms with van der Waals surface area (Å²) in [5, 5.41) is 3.18. The van der Waals surface area contributed by atoms with Crippen LogP contribution in [0.3, 0.4) is 0 Å².